The fraction of sp³-hybridized carbons (Fsp3) is 0.263. The second-order valence-corrected chi connectivity index (χ2v) is 6.10. The summed E-state index contributed by atoms with van der Waals surface area (Å²) >= 11 is 0. The first kappa shape index (κ1) is 18.7. The third-order valence-electron chi connectivity index (χ3n) is 4.41. The normalized spacial score (nSPS) is 22.0. The summed E-state index contributed by atoms with van der Waals surface area (Å²) in [4.78, 5) is 18.5. The number of nitrogens with zero attached hydrogens (tertiary/aromatic N) is 2. The number of halogens is 3. The minimum absolute atomic E-state index is 0.0274. The van der Waals surface area contributed by atoms with Crippen LogP contribution in [-0.2, 0) is 15.1 Å². The van der Waals surface area contributed by atoms with Crippen LogP contribution in [0.5, 0.6) is 0 Å². The number of hydrogen-bond acceptors (Lipinski definition) is 4. The molecule has 0 spiro atoms. The second kappa shape index (κ2) is 6.93. The summed E-state index contributed by atoms with van der Waals surface area (Å²) in [6, 6.07) is 5.48. The zero-order valence-corrected chi connectivity index (χ0v) is 14.6. The Morgan fingerprint density at radius 2 is 2.11 bits per heavy atom. The third kappa shape index (κ3) is 3.22. The van der Waals surface area contributed by atoms with Gasteiger partial charge in [-0.3, -0.25) is 9.69 Å². The Morgan fingerprint density at radius 1 is 1.37 bits per heavy atom. The smallest absolute Gasteiger partial charge is 0.345 e. The van der Waals surface area contributed by atoms with Gasteiger partial charge in [-0.2, -0.15) is 8.78 Å². The van der Waals surface area contributed by atoms with Gasteiger partial charge in [-0.15, -0.1) is 0 Å². The number of ether oxygens (including phenoxy) is 1. The number of carbonyl (C=O) groups is 1. The minimum Gasteiger partial charge on any atom is -0.369 e. The van der Waals surface area contributed by atoms with E-state index in [-0.39, 0.29) is 23.7 Å². The van der Waals surface area contributed by atoms with Gasteiger partial charge < -0.3 is 10.5 Å². The molecule has 140 valence electrons. The molecule has 2 aliphatic rings. The van der Waals surface area contributed by atoms with Crippen LogP contribution >= 0.6 is 0 Å². The molecule has 1 heterocycles. The molecule has 0 fully saturated rings. The molecule has 0 saturated carbocycles. The van der Waals surface area contributed by atoms with Gasteiger partial charge in [-0.25, -0.2) is 9.38 Å². The highest BCUT2D eigenvalue weighted by atomic mass is 19.3. The number of nitrogens with two attached hydrogens (primary N) is 1. The quantitative estimate of drug-likeness (QED) is 0.805. The molecule has 5 nitrogen and oxygen atoms in total. The number of hydrogen-bond donors (Lipinski definition) is 1. The van der Waals surface area contributed by atoms with Crippen LogP contribution in [0.2, 0.25) is 0 Å². The van der Waals surface area contributed by atoms with E-state index in [2.05, 4.69) is 21.2 Å². The average molecular weight is 375 g/mol. The summed E-state index contributed by atoms with van der Waals surface area (Å²) < 4.78 is 42.7. The molecule has 1 aliphatic heterocycles. The van der Waals surface area contributed by atoms with Crippen LogP contribution in [0.3, 0.4) is 0 Å². The van der Waals surface area contributed by atoms with Crippen LogP contribution in [0.15, 0.2) is 63.5 Å². The molecule has 1 amide bonds. The maximum absolute atomic E-state index is 13.8. The molecule has 27 heavy (non-hydrogen) atoms. The molecule has 1 aromatic rings. The number of aliphatic imine (C=N–C) groups is 1. The first-order valence-corrected chi connectivity index (χ1v) is 7.99. The standard InChI is InChI=1S/C19H16F3N3O2/c1-11-8-14(7-6-12(11)10-27-17(21)22)19(13-4-3-5-15(20)9-13)16(26)25(2)18(23)24-19/h3-5,8-9,17H,10H2,1-2H3,(H2,23,24). The average Bonchev–Trinajstić information content (AvgIpc) is 2.85. The maximum Gasteiger partial charge on any atom is 0.345 e. The van der Waals surface area contributed by atoms with E-state index in [4.69, 9.17) is 5.73 Å². The van der Waals surface area contributed by atoms with Gasteiger partial charge in [0.25, 0.3) is 5.91 Å². The molecule has 1 aromatic carbocycles. The van der Waals surface area contributed by atoms with E-state index in [1.807, 2.05) is 0 Å². The van der Waals surface area contributed by atoms with Gasteiger partial charge in [-0.05, 0) is 36.3 Å². The Morgan fingerprint density at radius 3 is 2.67 bits per heavy atom. The highest BCUT2D eigenvalue weighted by Gasteiger charge is 2.51. The van der Waals surface area contributed by atoms with Crippen LogP contribution in [0.4, 0.5) is 13.2 Å². The van der Waals surface area contributed by atoms with Crippen LogP contribution in [0.1, 0.15) is 12.5 Å². The fourth-order valence-electron chi connectivity index (χ4n) is 2.95. The van der Waals surface area contributed by atoms with Crippen molar-refractivity contribution in [2.24, 2.45) is 10.7 Å². The van der Waals surface area contributed by atoms with Crippen LogP contribution in [0, 0.1) is 5.82 Å². The van der Waals surface area contributed by atoms with Gasteiger partial charge in [0.2, 0.25) is 5.54 Å². The minimum atomic E-state index is -2.91. The van der Waals surface area contributed by atoms with Crippen molar-refractivity contribution in [3.63, 3.8) is 0 Å². The number of carbonyl (C=O) groups excluding carboxylic acids is 1. The van der Waals surface area contributed by atoms with Crippen LogP contribution in [0.25, 0.3) is 0 Å². The molecule has 1 aliphatic carbocycles. The molecule has 1 unspecified atom stereocenters. The maximum atomic E-state index is 13.8. The summed E-state index contributed by atoms with van der Waals surface area (Å²) in [6.45, 7) is -1.61. The van der Waals surface area contributed by atoms with E-state index in [0.29, 0.717) is 11.1 Å². The lowest BCUT2D eigenvalue weighted by atomic mass is 9.80. The van der Waals surface area contributed by atoms with Gasteiger partial charge in [0.1, 0.15) is 5.82 Å². The van der Waals surface area contributed by atoms with Crippen molar-refractivity contribution >= 4 is 11.9 Å². The van der Waals surface area contributed by atoms with E-state index < -0.39 is 23.9 Å². The molecular weight excluding hydrogens is 359 g/mol. The number of guanidine groups is 1. The number of alkyl halides is 2. The van der Waals surface area contributed by atoms with Crippen molar-refractivity contribution < 1.29 is 22.7 Å². The molecule has 1 atom stereocenters. The van der Waals surface area contributed by atoms with E-state index in [1.165, 1.54) is 30.1 Å². The molecule has 3 rings (SSSR count). The van der Waals surface area contributed by atoms with Gasteiger partial charge >= 0.3 is 6.61 Å². The molecular formula is C19H16F3N3O2. The summed E-state index contributed by atoms with van der Waals surface area (Å²) in [5.74, 6) is -1.04. The number of amides is 1. The molecule has 0 aromatic heterocycles. The van der Waals surface area contributed by atoms with E-state index >= 15 is 0 Å². The lowest BCUT2D eigenvalue weighted by Crippen LogP contribution is -2.41. The predicted molar refractivity (Wildman–Crippen MR) is 92.2 cm³/mol. The summed E-state index contributed by atoms with van der Waals surface area (Å²) in [5, 5.41) is 0. The highest BCUT2D eigenvalue weighted by Crippen LogP contribution is 2.41. The zero-order chi connectivity index (χ0) is 19.8. The highest BCUT2D eigenvalue weighted by molar-refractivity contribution is 6.09. The van der Waals surface area contributed by atoms with Crippen molar-refractivity contribution in [1.82, 2.24) is 4.90 Å². The Labute approximate surface area is 153 Å². The monoisotopic (exact) mass is 375 g/mol. The van der Waals surface area contributed by atoms with Gasteiger partial charge in [0, 0.05) is 18.2 Å². The number of benzene rings is 1. The topological polar surface area (TPSA) is 67.9 Å². The lowest BCUT2D eigenvalue weighted by Gasteiger charge is -2.26. The Balaban J connectivity index is 2.20. The summed E-state index contributed by atoms with van der Waals surface area (Å²) in [6.07, 6.45) is 1.57. The van der Waals surface area contributed by atoms with Gasteiger partial charge in [0.15, 0.2) is 5.96 Å². The number of rotatable bonds is 5. The van der Waals surface area contributed by atoms with E-state index in [1.54, 1.807) is 19.1 Å². The number of likely N-dealkylation sites (N-methyl/N-ethyl adjacent to an activating group) is 1. The molecule has 0 saturated heterocycles. The first-order chi connectivity index (χ1) is 12.8. The molecule has 8 heteroatoms. The predicted octanol–water partition coefficient (Wildman–Crippen LogP) is 2.61. The summed E-state index contributed by atoms with van der Waals surface area (Å²) in [5.41, 5.74) is 11.2. The van der Waals surface area contributed by atoms with Crippen LogP contribution in [-0.4, -0.2) is 37.0 Å². The lowest BCUT2D eigenvalue weighted by molar-refractivity contribution is -0.129. The largest absolute Gasteiger partial charge is 0.369 e. The van der Waals surface area contributed by atoms with E-state index in [0.717, 1.165) is 0 Å². The van der Waals surface area contributed by atoms with Crippen molar-refractivity contribution in [2.75, 3.05) is 13.7 Å². The SMILES string of the molecule is CC1=CC(C2(c3cccc(F)c3)N=C(N)N(C)C2=O)=C=C=C1COC(F)F. The fourth-order valence-corrected chi connectivity index (χ4v) is 2.95. The Kier molecular flexibility index (Phi) is 4.81. The van der Waals surface area contributed by atoms with Crippen molar-refractivity contribution in [2.45, 2.75) is 19.1 Å². The zero-order valence-electron chi connectivity index (χ0n) is 14.6. The summed E-state index contributed by atoms with van der Waals surface area (Å²) in [7, 11) is 1.46. The third-order valence-corrected chi connectivity index (χ3v) is 4.41. The van der Waals surface area contributed by atoms with Gasteiger partial charge in [0.05, 0.1) is 6.61 Å². The Hall–Kier alpha value is -3.05. The Bertz CT molecular complexity index is 970. The van der Waals surface area contributed by atoms with Crippen molar-refractivity contribution in [3.05, 3.63) is 69.9 Å². The molecule has 0 bridgehead atoms. The van der Waals surface area contributed by atoms with E-state index in [9.17, 15) is 18.0 Å². The first-order valence-electron chi connectivity index (χ1n) is 7.99. The second-order valence-electron chi connectivity index (χ2n) is 6.10. The molecule has 2 N–H and O–H groups in total. The van der Waals surface area contributed by atoms with Crippen LogP contribution < -0.4 is 5.73 Å². The van der Waals surface area contributed by atoms with Crippen molar-refractivity contribution in [3.8, 4) is 0 Å². The molecule has 0 radical (unpaired) electrons. The van der Waals surface area contributed by atoms with Crippen molar-refractivity contribution in [1.29, 1.82) is 0 Å². The van der Waals surface area contributed by atoms with Gasteiger partial charge in [-0.1, -0.05) is 23.6 Å².